The van der Waals surface area contributed by atoms with Crippen molar-refractivity contribution < 1.29 is 10.4 Å². The SMILES string of the molecule is [2H]NN(CCC[N+](C)(C)Cc1ccc(C=C)cc1)c1ccc(CCCC[N+](C)(C)Cc2ccc(C=C)cc2)cc1. The first kappa shape index (κ1) is 28.8. The van der Waals surface area contributed by atoms with Crippen LogP contribution in [-0.4, -0.2) is 56.8 Å². The average molecular weight is 528 g/mol. The maximum absolute atomic E-state index is 7.85. The van der Waals surface area contributed by atoms with Gasteiger partial charge in [-0.05, 0) is 48.1 Å². The highest BCUT2D eigenvalue weighted by atomic mass is 15.4. The van der Waals surface area contributed by atoms with Crippen LogP contribution in [0, 0.1) is 0 Å². The zero-order valence-electron chi connectivity index (χ0n) is 25.7. The van der Waals surface area contributed by atoms with Gasteiger partial charge in [-0.25, -0.2) is 5.84 Å². The molecular formula is C35H50N4+2. The van der Waals surface area contributed by atoms with E-state index in [1.165, 1.54) is 35.1 Å². The Bertz CT molecular complexity index is 1180. The number of rotatable bonds is 17. The molecule has 0 heterocycles. The van der Waals surface area contributed by atoms with Crippen LogP contribution in [0.5, 0.6) is 0 Å². The van der Waals surface area contributed by atoms with Crippen LogP contribution >= 0.6 is 0 Å². The van der Waals surface area contributed by atoms with Crippen molar-refractivity contribution >= 4 is 17.8 Å². The van der Waals surface area contributed by atoms with Gasteiger partial charge in [-0.15, -0.1) is 0 Å². The van der Waals surface area contributed by atoms with Crippen LogP contribution in [0.3, 0.4) is 0 Å². The molecule has 39 heavy (non-hydrogen) atoms. The molecule has 0 aliphatic carbocycles. The zero-order chi connectivity index (χ0) is 29.0. The normalized spacial score (nSPS) is 12.2. The topological polar surface area (TPSA) is 29.3 Å². The van der Waals surface area contributed by atoms with Gasteiger partial charge >= 0.3 is 0 Å². The molecule has 0 radical (unpaired) electrons. The molecule has 0 aliphatic heterocycles. The first-order valence-electron chi connectivity index (χ1n) is 14.7. The maximum Gasteiger partial charge on any atom is 0.144 e. The second-order valence-corrected chi connectivity index (χ2v) is 12.2. The lowest BCUT2D eigenvalue weighted by Crippen LogP contribution is -2.42. The molecule has 4 heteroatoms. The van der Waals surface area contributed by atoms with Crippen LogP contribution < -0.4 is 10.8 Å². The van der Waals surface area contributed by atoms with E-state index in [1.54, 1.807) is 0 Å². The van der Waals surface area contributed by atoms with Crippen molar-refractivity contribution in [3.8, 4) is 0 Å². The highest BCUT2D eigenvalue weighted by Crippen LogP contribution is 2.18. The summed E-state index contributed by atoms with van der Waals surface area (Å²) in [4.78, 5) is 0. The minimum atomic E-state index is 0.795. The standard InChI is InChI=1S/C35H50N4/c1-7-30-13-17-33(18-14-30)28-38(3,4)26-10-9-12-32-21-23-35(24-22-32)37(36)25-11-27-39(5,6)29-34-19-15-31(8-2)16-20-34/h7-8,13-24H,1-2,9-12,25-29,36H2,3-6H3/q+2/i/hD. The summed E-state index contributed by atoms with van der Waals surface area (Å²) in [5, 5.41) is 1.93. The number of hydrogen-bond donors (Lipinski definition) is 1. The van der Waals surface area contributed by atoms with Crippen LogP contribution in [0.2, 0.25) is 1.41 Å². The third-order valence-corrected chi connectivity index (χ3v) is 7.52. The highest BCUT2D eigenvalue weighted by molar-refractivity contribution is 5.48. The number of hydrogen-bond acceptors (Lipinski definition) is 2. The number of quaternary nitrogens is 2. The number of aryl methyl sites for hydroxylation is 1. The van der Waals surface area contributed by atoms with Crippen LogP contribution in [0.25, 0.3) is 12.2 Å². The van der Waals surface area contributed by atoms with Gasteiger partial charge in [0.05, 0.1) is 47.0 Å². The van der Waals surface area contributed by atoms with Gasteiger partial charge in [0.15, 0.2) is 0 Å². The van der Waals surface area contributed by atoms with Gasteiger partial charge in [0.1, 0.15) is 14.5 Å². The Morgan fingerprint density at radius 2 is 1.13 bits per heavy atom. The Kier molecular flexibility index (Phi) is 10.5. The van der Waals surface area contributed by atoms with Gasteiger partial charge in [0.2, 0.25) is 0 Å². The minimum absolute atomic E-state index is 0.795. The molecule has 0 bridgehead atoms. The first-order valence-corrected chi connectivity index (χ1v) is 14.2. The Labute approximate surface area is 239 Å². The second kappa shape index (κ2) is 14.3. The zero-order valence-corrected chi connectivity index (χ0v) is 24.7. The smallest absolute Gasteiger partial charge is 0.144 e. The molecule has 0 aliphatic rings. The van der Waals surface area contributed by atoms with E-state index in [9.17, 15) is 0 Å². The van der Waals surface area contributed by atoms with E-state index in [-0.39, 0.29) is 0 Å². The van der Waals surface area contributed by atoms with Crippen molar-refractivity contribution in [1.29, 1.82) is 0 Å². The molecule has 2 N–H and O–H groups in total. The lowest BCUT2D eigenvalue weighted by molar-refractivity contribution is -0.903. The second-order valence-electron chi connectivity index (χ2n) is 12.2. The van der Waals surface area contributed by atoms with Crippen LogP contribution in [0.4, 0.5) is 5.69 Å². The molecule has 4 nitrogen and oxygen atoms in total. The van der Waals surface area contributed by atoms with E-state index >= 15 is 0 Å². The highest BCUT2D eigenvalue weighted by Gasteiger charge is 2.17. The van der Waals surface area contributed by atoms with Gasteiger partial charge in [0, 0.05) is 24.1 Å². The molecule has 0 aromatic heterocycles. The van der Waals surface area contributed by atoms with E-state index in [2.05, 4.69) is 120 Å². The molecule has 0 amide bonds. The van der Waals surface area contributed by atoms with Crippen molar-refractivity contribution in [3.63, 3.8) is 0 Å². The average Bonchev–Trinajstić information content (AvgIpc) is 2.94. The Morgan fingerprint density at radius 3 is 1.59 bits per heavy atom. The third kappa shape index (κ3) is 10.5. The minimum Gasteiger partial charge on any atom is -0.325 e. The van der Waals surface area contributed by atoms with Gasteiger partial charge in [-0.1, -0.05) is 86.0 Å². The summed E-state index contributed by atoms with van der Waals surface area (Å²) in [6.07, 6.45) is 8.24. The Hall–Kier alpha value is -3.18. The fourth-order valence-electron chi connectivity index (χ4n) is 5.16. The van der Waals surface area contributed by atoms with E-state index in [4.69, 9.17) is 1.41 Å². The van der Waals surface area contributed by atoms with Crippen molar-refractivity contribution in [1.82, 2.24) is 0 Å². The van der Waals surface area contributed by atoms with E-state index in [0.717, 1.165) is 65.8 Å². The molecule has 0 spiro atoms. The molecule has 0 fully saturated rings. The largest absolute Gasteiger partial charge is 0.325 e. The summed E-state index contributed by atoms with van der Waals surface area (Å²) in [7, 11) is 9.18. The summed E-state index contributed by atoms with van der Waals surface area (Å²) in [5.41, 5.74) is 7.44. The number of unbranched alkanes of at least 4 members (excludes halogenated alkanes) is 1. The molecule has 0 saturated heterocycles. The summed E-state index contributed by atoms with van der Waals surface area (Å²) in [6, 6.07) is 26.1. The summed E-state index contributed by atoms with van der Waals surface area (Å²) < 4.78 is 9.76. The summed E-state index contributed by atoms with van der Waals surface area (Å²) in [6.45, 7) is 12.7. The predicted molar refractivity (Wildman–Crippen MR) is 170 cm³/mol. The van der Waals surface area contributed by atoms with Gasteiger partial charge < -0.3 is 14.0 Å². The maximum atomic E-state index is 7.85. The number of anilines is 1. The Morgan fingerprint density at radius 1 is 0.667 bits per heavy atom. The number of benzene rings is 3. The van der Waals surface area contributed by atoms with Crippen molar-refractivity contribution in [3.05, 3.63) is 114 Å². The molecule has 208 valence electrons. The fourth-order valence-corrected chi connectivity index (χ4v) is 5.16. The number of nitrogens with two attached hydrogens (primary N) is 1. The van der Waals surface area contributed by atoms with Gasteiger partial charge in [-0.3, -0.25) is 0 Å². The molecular weight excluding hydrogens is 476 g/mol. The molecule has 3 aromatic carbocycles. The van der Waals surface area contributed by atoms with Gasteiger partial charge in [-0.2, -0.15) is 0 Å². The van der Waals surface area contributed by atoms with Crippen molar-refractivity contribution in [2.45, 2.75) is 38.8 Å². The first-order chi connectivity index (χ1) is 19.1. The van der Waals surface area contributed by atoms with Crippen LogP contribution in [0.1, 0.15) is 47.1 Å². The quantitative estimate of drug-likeness (QED) is 0.0894. The molecule has 0 saturated carbocycles. The van der Waals surface area contributed by atoms with Gasteiger partial charge in [0.25, 0.3) is 0 Å². The predicted octanol–water partition coefficient (Wildman–Crippen LogP) is 6.92. The van der Waals surface area contributed by atoms with E-state index in [0.29, 0.717) is 0 Å². The molecule has 3 aromatic rings. The Balaban J connectivity index is 1.40. The number of hydrazine groups is 1. The molecule has 0 unspecified atom stereocenters. The molecule has 3 rings (SSSR count). The molecule has 0 atom stereocenters. The van der Waals surface area contributed by atoms with Crippen LogP contribution in [-0.2, 0) is 19.5 Å². The van der Waals surface area contributed by atoms with Crippen molar-refractivity contribution in [2.75, 3.05) is 52.8 Å². The van der Waals surface area contributed by atoms with E-state index < -0.39 is 0 Å². The van der Waals surface area contributed by atoms with E-state index in [1.807, 2.05) is 17.2 Å². The lowest BCUT2D eigenvalue weighted by atomic mass is 10.1. The fraction of sp³-hybridized carbons (Fsp3) is 0.371. The monoisotopic (exact) mass is 527 g/mol. The third-order valence-electron chi connectivity index (χ3n) is 7.52. The summed E-state index contributed by atoms with van der Waals surface area (Å²) in [5.74, 6) is 2.64. The van der Waals surface area contributed by atoms with Crippen LogP contribution in [0.15, 0.2) is 86.0 Å². The number of nitrogens with zero attached hydrogens (tertiary/aromatic N) is 3. The van der Waals surface area contributed by atoms with Crippen molar-refractivity contribution in [2.24, 2.45) is 5.84 Å². The summed E-state index contributed by atoms with van der Waals surface area (Å²) >= 11 is 0. The lowest BCUT2D eigenvalue weighted by Gasteiger charge is -2.31.